The summed E-state index contributed by atoms with van der Waals surface area (Å²) in [6, 6.07) is 15.2. The minimum absolute atomic E-state index is 0.208. The summed E-state index contributed by atoms with van der Waals surface area (Å²) in [5.74, 6) is 0.551. The lowest BCUT2D eigenvalue weighted by Crippen LogP contribution is -2.19. The van der Waals surface area contributed by atoms with E-state index in [1.165, 1.54) is 5.56 Å². The van der Waals surface area contributed by atoms with Crippen LogP contribution in [0.1, 0.15) is 34.8 Å². The number of hydrogen-bond donors (Lipinski definition) is 1. The molecule has 1 aliphatic rings. The van der Waals surface area contributed by atoms with Gasteiger partial charge in [-0.25, -0.2) is 5.43 Å². The van der Waals surface area contributed by atoms with E-state index < -0.39 is 0 Å². The van der Waals surface area contributed by atoms with Crippen molar-refractivity contribution in [3.05, 3.63) is 65.2 Å². The first-order valence-corrected chi connectivity index (χ1v) is 7.46. The van der Waals surface area contributed by atoms with Crippen LogP contribution in [0.2, 0.25) is 0 Å². The highest BCUT2D eigenvalue weighted by Crippen LogP contribution is 2.21. The van der Waals surface area contributed by atoms with Gasteiger partial charge in [0.25, 0.3) is 5.91 Å². The Hall–Kier alpha value is -2.62. The zero-order chi connectivity index (χ0) is 15.4. The summed E-state index contributed by atoms with van der Waals surface area (Å²) in [5, 5.41) is 4.29. The zero-order valence-corrected chi connectivity index (χ0v) is 12.5. The van der Waals surface area contributed by atoms with Crippen LogP contribution in [-0.2, 0) is 6.42 Å². The number of hydrazone groups is 1. The molecule has 0 aliphatic heterocycles. The maximum absolute atomic E-state index is 12.1. The van der Waals surface area contributed by atoms with Crippen molar-refractivity contribution >= 4 is 11.6 Å². The summed E-state index contributed by atoms with van der Waals surface area (Å²) in [7, 11) is 0. The van der Waals surface area contributed by atoms with E-state index in [9.17, 15) is 4.79 Å². The first kappa shape index (κ1) is 14.3. The quantitative estimate of drug-likeness (QED) is 0.881. The fourth-order valence-corrected chi connectivity index (χ4v) is 2.58. The summed E-state index contributed by atoms with van der Waals surface area (Å²) in [5.41, 5.74) is 6.57. The molecule has 4 heteroatoms. The molecule has 22 heavy (non-hydrogen) atoms. The highest BCUT2D eigenvalue weighted by atomic mass is 16.5. The van der Waals surface area contributed by atoms with Crippen molar-refractivity contribution in [1.82, 2.24) is 5.43 Å². The molecule has 3 rings (SSSR count). The second-order valence-corrected chi connectivity index (χ2v) is 5.11. The molecule has 0 aromatic heterocycles. The Balaban J connectivity index is 1.69. The molecule has 1 amide bonds. The number of amides is 1. The van der Waals surface area contributed by atoms with Gasteiger partial charge in [-0.15, -0.1) is 0 Å². The molecule has 1 N–H and O–H groups in total. The Kier molecular flexibility index (Phi) is 4.19. The second kappa shape index (κ2) is 6.43. The minimum Gasteiger partial charge on any atom is -0.494 e. The molecule has 0 spiro atoms. The lowest BCUT2D eigenvalue weighted by molar-refractivity contribution is 0.0955. The fourth-order valence-electron chi connectivity index (χ4n) is 2.58. The predicted octanol–water partition coefficient (Wildman–Crippen LogP) is 3.17. The standard InChI is InChI=1S/C18H18N2O2/c1-2-22-15-10-7-14(8-11-15)18(21)20-19-17-12-9-13-5-3-4-6-16(13)17/h3-8,10-11H,2,9,12H2,1H3,(H,20,21)/b19-17-. The molecule has 0 saturated carbocycles. The van der Waals surface area contributed by atoms with Crippen LogP contribution in [0.25, 0.3) is 0 Å². The van der Waals surface area contributed by atoms with Crippen LogP contribution in [-0.4, -0.2) is 18.2 Å². The number of aryl methyl sites for hydroxylation is 1. The van der Waals surface area contributed by atoms with Crippen LogP contribution < -0.4 is 10.2 Å². The Labute approximate surface area is 129 Å². The second-order valence-electron chi connectivity index (χ2n) is 5.11. The predicted molar refractivity (Wildman–Crippen MR) is 86.4 cm³/mol. The van der Waals surface area contributed by atoms with Crippen LogP contribution in [0.5, 0.6) is 5.75 Å². The van der Waals surface area contributed by atoms with E-state index in [1.807, 2.05) is 25.1 Å². The highest BCUT2D eigenvalue weighted by Gasteiger charge is 2.17. The van der Waals surface area contributed by atoms with Crippen molar-refractivity contribution in [1.29, 1.82) is 0 Å². The van der Waals surface area contributed by atoms with Crippen LogP contribution in [0.15, 0.2) is 53.6 Å². The third-order valence-corrected chi connectivity index (χ3v) is 3.68. The number of nitrogens with one attached hydrogen (secondary N) is 1. The molecule has 1 aliphatic carbocycles. The zero-order valence-electron chi connectivity index (χ0n) is 12.5. The number of fused-ring (bicyclic) bond motifs is 1. The smallest absolute Gasteiger partial charge is 0.271 e. The van der Waals surface area contributed by atoms with Gasteiger partial charge in [0, 0.05) is 11.1 Å². The lowest BCUT2D eigenvalue weighted by Gasteiger charge is -2.05. The lowest BCUT2D eigenvalue weighted by atomic mass is 10.1. The molecular weight excluding hydrogens is 276 g/mol. The molecule has 0 radical (unpaired) electrons. The largest absolute Gasteiger partial charge is 0.494 e. The van der Waals surface area contributed by atoms with E-state index in [2.05, 4.69) is 16.6 Å². The van der Waals surface area contributed by atoms with Gasteiger partial charge in [0.2, 0.25) is 0 Å². The van der Waals surface area contributed by atoms with E-state index in [0.717, 1.165) is 29.9 Å². The van der Waals surface area contributed by atoms with E-state index in [-0.39, 0.29) is 5.91 Å². The first-order valence-electron chi connectivity index (χ1n) is 7.46. The molecule has 0 saturated heterocycles. The number of carbonyl (C=O) groups is 1. The number of benzene rings is 2. The number of nitrogens with zero attached hydrogens (tertiary/aromatic N) is 1. The van der Waals surface area contributed by atoms with Crippen molar-refractivity contribution < 1.29 is 9.53 Å². The molecular formula is C18H18N2O2. The van der Waals surface area contributed by atoms with Gasteiger partial charge in [-0.2, -0.15) is 5.10 Å². The first-order chi connectivity index (χ1) is 10.8. The van der Waals surface area contributed by atoms with Gasteiger partial charge >= 0.3 is 0 Å². The third-order valence-electron chi connectivity index (χ3n) is 3.68. The Bertz CT molecular complexity index is 705. The maximum Gasteiger partial charge on any atom is 0.271 e. The SMILES string of the molecule is CCOc1ccc(C(=O)N/N=C2/CCc3ccccc32)cc1. The van der Waals surface area contributed by atoms with Crippen molar-refractivity contribution in [3.63, 3.8) is 0 Å². The Morgan fingerprint density at radius 3 is 2.68 bits per heavy atom. The minimum atomic E-state index is -0.208. The molecule has 2 aromatic rings. The van der Waals surface area contributed by atoms with Gasteiger partial charge in [0.1, 0.15) is 5.75 Å². The highest BCUT2D eigenvalue weighted by molar-refractivity contribution is 6.05. The van der Waals surface area contributed by atoms with Crippen LogP contribution in [0, 0.1) is 0 Å². The summed E-state index contributed by atoms with van der Waals surface area (Å²) in [6.07, 6.45) is 1.84. The van der Waals surface area contributed by atoms with Crippen LogP contribution >= 0.6 is 0 Å². The van der Waals surface area contributed by atoms with E-state index in [0.29, 0.717) is 12.2 Å². The van der Waals surface area contributed by atoms with Gasteiger partial charge in [-0.3, -0.25) is 4.79 Å². The van der Waals surface area contributed by atoms with Crippen molar-refractivity contribution in [3.8, 4) is 5.75 Å². The number of hydrogen-bond acceptors (Lipinski definition) is 3. The molecule has 0 bridgehead atoms. The van der Waals surface area contributed by atoms with Crippen LogP contribution in [0.3, 0.4) is 0 Å². The monoisotopic (exact) mass is 294 g/mol. The third kappa shape index (κ3) is 3.01. The molecule has 0 unspecified atom stereocenters. The van der Waals surface area contributed by atoms with Crippen molar-refractivity contribution in [2.24, 2.45) is 5.10 Å². The molecule has 0 fully saturated rings. The number of carbonyl (C=O) groups excluding carboxylic acids is 1. The molecule has 112 valence electrons. The normalized spacial score (nSPS) is 14.7. The maximum atomic E-state index is 12.1. The van der Waals surface area contributed by atoms with Gasteiger partial charge < -0.3 is 4.74 Å². The van der Waals surface area contributed by atoms with Crippen molar-refractivity contribution in [2.75, 3.05) is 6.61 Å². The van der Waals surface area contributed by atoms with Gasteiger partial charge in [-0.05, 0) is 49.6 Å². The average Bonchev–Trinajstić information content (AvgIpc) is 2.97. The number of rotatable bonds is 4. The molecule has 4 nitrogen and oxygen atoms in total. The molecule has 0 atom stereocenters. The Morgan fingerprint density at radius 2 is 1.91 bits per heavy atom. The summed E-state index contributed by atoms with van der Waals surface area (Å²) < 4.78 is 5.36. The van der Waals surface area contributed by atoms with Gasteiger partial charge in [0.15, 0.2) is 0 Å². The summed E-state index contributed by atoms with van der Waals surface area (Å²) >= 11 is 0. The fraction of sp³-hybridized carbons (Fsp3) is 0.222. The van der Waals surface area contributed by atoms with E-state index in [1.54, 1.807) is 24.3 Å². The molecule has 0 heterocycles. The van der Waals surface area contributed by atoms with Crippen molar-refractivity contribution in [2.45, 2.75) is 19.8 Å². The van der Waals surface area contributed by atoms with E-state index in [4.69, 9.17) is 4.74 Å². The number of ether oxygens (including phenoxy) is 1. The Morgan fingerprint density at radius 1 is 1.14 bits per heavy atom. The topological polar surface area (TPSA) is 50.7 Å². The van der Waals surface area contributed by atoms with Gasteiger partial charge in [0.05, 0.1) is 12.3 Å². The summed E-state index contributed by atoms with van der Waals surface area (Å²) in [4.78, 5) is 12.1. The molecule has 2 aromatic carbocycles. The van der Waals surface area contributed by atoms with Gasteiger partial charge in [-0.1, -0.05) is 24.3 Å². The average molecular weight is 294 g/mol. The van der Waals surface area contributed by atoms with E-state index >= 15 is 0 Å². The van der Waals surface area contributed by atoms with Crippen LogP contribution in [0.4, 0.5) is 0 Å². The summed E-state index contributed by atoms with van der Waals surface area (Å²) in [6.45, 7) is 2.54.